The van der Waals surface area contributed by atoms with Gasteiger partial charge in [-0.15, -0.1) is 0 Å². The summed E-state index contributed by atoms with van der Waals surface area (Å²) >= 11 is 0. The molecule has 0 spiro atoms. The molecule has 112 valence electrons. The molecule has 21 heavy (non-hydrogen) atoms. The Kier molecular flexibility index (Phi) is 5.31. The molecule has 5 nitrogen and oxygen atoms in total. The number of benzene rings is 1. The van der Waals surface area contributed by atoms with Crippen molar-refractivity contribution in [3.63, 3.8) is 0 Å². The van der Waals surface area contributed by atoms with E-state index in [9.17, 15) is 9.18 Å². The summed E-state index contributed by atoms with van der Waals surface area (Å²) in [4.78, 5) is 19.2. The van der Waals surface area contributed by atoms with Crippen molar-refractivity contribution in [1.29, 1.82) is 0 Å². The zero-order valence-electron chi connectivity index (χ0n) is 11.9. The lowest BCUT2D eigenvalue weighted by atomic mass is 10.1. The van der Waals surface area contributed by atoms with Crippen LogP contribution in [0.25, 0.3) is 0 Å². The number of anilines is 1. The number of hydrogen-bond donors (Lipinski definition) is 3. The summed E-state index contributed by atoms with van der Waals surface area (Å²) < 4.78 is 13.8. The van der Waals surface area contributed by atoms with Gasteiger partial charge in [0.05, 0.1) is 11.3 Å². The maximum atomic E-state index is 13.8. The van der Waals surface area contributed by atoms with E-state index in [0.717, 1.165) is 12.2 Å². The van der Waals surface area contributed by atoms with E-state index in [1.54, 1.807) is 18.5 Å². The minimum absolute atomic E-state index is 0.259. The highest BCUT2D eigenvalue weighted by atomic mass is 19.1. The Bertz CT molecular complexity index is 583. The van der Waals surface area contributed by atoms with Crippen LogP contribution in [0.15, 0.2) is 30.6 Å². The maximum Gasteiger partial charge on any atom is 0.253 e. The zero-order chi connectivity index (χ0) is 15.1. The number of carbonyl (C=O) groups is 1. The number of carbonyl (C=O) groups excluding carboxylic acids is 1. The second-order valence-electron chi connectivity index (χ2n) is 4.63. The van der Waals surface area contributed by atoms with Gasteiger partial charge in [-0.2, -0.15) is 0 Å². The summed E-state index contributed by atoms with van der Waals surface area (Å²) in [6.45, 7) is 3.04. The van der Waals surface area contributed by atoms with Crippen LogP contribution in [0.3, 0.4) is 0 Å². The average molecular weight is 290 g/mol. The Hall–Kier alpha value is -2.37. The number of para-hydroxylation sites is 1. The summed E-state index contributed by atoms with van der Waals surface area (Å²) in [5.41, 5.74) is 0.581. The van der Waals surface area contributed by atoms with E-state index < -0.39 is 5.82 Å². The standard InChI is InChI=1S/C15H19FN4O/c1-2-7-19-14-11(4-3-5-12(14)16)15(21)20-8-6-13-17-9-10-18-13/h3-5,9-10,19H,2,6-8H2,1H3,(H,17,18)(H,20,21). The van der Waals surface area contributed by atoms with Crippen molar-refractivity contribution < 1.29 is 9.18 Å². The van der Waals surface area contributed by atoms with Crippen molar-refractivity contribution in [3.05, 3.63) is 47.8 Å². The molecule has 2 rings (SSSR count). The number of H-pyrrole nitrogens is 1. The van der Waals surface area contributed by atoms with Crippen LogP contribution in [0.2, 0.25) is 0 Å². The predicted octanol–water partition coefficient (Wildman–Crippen LogP) is 2.34. The molecule has 1 heterocycles. The molecule has 0 aliphatic rings. The van der Waals surface area contributed by atoms with E-state index in [0.29, 0.717) is 25.1 Å². The first-order valence-electron chi connectivity index (χ1n) is 7.01. The summed E-state index contributed by atoms with van der Waals surface area (Å²) in [6, 6.07) is 4.49. The second-order valence-corrected chi connectivity index (χ2v) is 4.63. The summed E-state index contributed by atoms with van der Waals surface area (Å²) in [5, 5.41) is 5.74. The molecule has 2 aromatic rings. The molecule has 1 aromatic heterocycles. The molecule has 0 saturated heterocycles. The fourth-order valence-electron chi connectivity index (χ4n) is 1.97. The van der Waals surface area contributed by atoms with Crippen molar-refractivity contribution >= 4 is 11.6 Å². The van der Waals surface area contributed by atoms with Gasteiger partial charge < -0.3 is 15.6 Å². The largest absolute Gasteiger partial charge is 0.382 e. The molecule has 0 bridgehead atoms. The van der Waals surface area contributed by atoms with Crippen LogP contribution in [0.4, 0.5) is 10.1 Å². The molecule has 0 aliphatic carbocycles. The highest BCUT2D eigenvalue weighted by molar-refractivity contribution is 5.99. The monoisotopic (exact) mass is 290 g/mol. The summed E-state index contributed by atoms with van der Waals surface area (Å²) in [6.07, 6.45) is 4.85. The van der Waals surface area contributed by atoms with E-state index in [1.807, 2.05) is 6.92 Å². The third kappa shape index (κ3) is 4.05. The van der Waals surface area contributed by atoms with Crippen LogP contribution < -0.4 is 10.6 Å². The zero-order valence-corrected chi connectivity index (χ0v) is 11.9. The summed E-state index contributed by atoms with van der Waals surface area (Å²) in [5.74, 6) is 0.0978. The Balaban J connectivity index is 1.99. The smallest absolute Gasteiger partial charge is 0.253 e. The number of nitrogens with zero attached hydrogens (tertiary/aromatic N) is 1. The maximum absolute atomic E-state index is 13.8. The number of rotatable bonds is 7. The average Bonchev–Trinajstić information content (AvgIpc) is 2.99. The molecule has 6 heteroatoms. The van der Waals surface area contributed by atoms with E-state index in [1.165, 1.54) is 12.1 Å². The minimum Gasteiger partial charge on any atom is -0.382 e. The third-order valence-electron chi connectivity index (χ3n) is 3.01. The van der Waals surface area contributed by atoms with E-state index in [4.69, 9.17) is 0 Å². The van der Waals surface area contributed by atoms with Gasteiger partial charge >= 0.3 is 0 Å². The van der Waals surface area contributed by atoms with Gasteiger partial charge in [-0.25, -0.2) is 9.37 Å². The number of aromatic nitrogens is 2. The first-order chi connectivity index (χ1) is 10.2. The highest BCUT2D eigenvalue weighted by Gasteiger charge is 2.14. The van der Waals surface area contributed by atoms with Crippen molar-refractivity contribution in [2.75, 3.05) is 18.4 Å². The van der Waals surface area contributed by atoms with Crippen molar-refractivity contribution in [2.45, 2.75) is 19.8 Å². The molecular weight excluding hydrogens is 271 g/mol. The molecule has 0 saturated carbocycles. The van der Waals surface area contributed by atoms with Gasteiger partial charge in [-0.1, -0.05) is 13.0 Å². The topological polar surface area (TPSA) is 69.8 Å². The SMILES string of the molecule is CCCNc1c(F)cccc1C(=O)NCCc1ncc[nH]1. The lowest BCUT2D eigenvalue weighted by molar-refractivity contribution is 0.0954. The first kappa shape index (κ1) is 15.0. The fraction of sp³-hybridized carbons (Fsp3) is 0.333. The van der Waals surface area contributed by atoms with E-state index in [2.05, 4.69) is 20.6 Å². The van der Waals surface area contributed by atoms with Gasteiger partial charge in [0.1, 0.15) is 11.6 Å². The molecule has 0 fully saturated rings. The van der Waals surface area contributed by atoms with Crippen molar-refractivity contribution in [2.24, 2.45) is 0 Å². The highest BCUT2D eigenvalue weighted by Crippen LogP contribution is 2.19. The minimum atomic E-state index is -0.415. The van der Waals surface area contributed by atoms with Gasteiger partial charge in [0, 0.05) is 31.9 Å². The van der Waals surface area contributed by atoms with Crippen LogP contribution in [0.5, 0.6) is 0 Å². The Morgan fingerprint density at radius 1 is 1.38 bits per heavy atom. The van der Waals surface area contributed by atoms with E-state index in [-0.39, 0.29) is 11.6 Å². The number of halogens is 1. The molecule has 0 atom stereocenters. The Morgan fingerprint density at radius 2 is 2.24 bits per heavy atom. The lowest BCUT2D eigenvalue weighted by Gasteiger charge is -2.12. The van der Waals surface area contributed by atoms with Crippen molar-refractivity contribution in [1.82, 2.24) is 15.3 Å². The van der Waals surface area contributed by atoms with Gasteiger partial charge in [0.2, 0.25) is 0 Å². The van der Waals surface area contributed by atoms with Crippen LogP contribution in [0.1, 0.15) is 29.5 Å². The number of amides is 1. The van der Waals surface area contributed by atoms with Gasteiger partial charge in [0.25, 0.3) is 5.91 Å². The van der Waals surface area contributed by atoms with Crippen LogP contribution in [-0.4, -0.2) is 29.0 Å². The molecule has 3 N–H and O–H groups in total. The van der Waals surface area contributed by atoms with Gasteiger partial charge in [-0.3, -0.25) is 4.79 Å². The third-order valence-corrected chi connectivity index (χ3v) is 3.01. The lowest BCUT2D eigenvalue weighted by Crippen LogP contribution is -2.27. The molecule has 0 radical (unpaired) electrons. The molecule has 1 aromatic carbocycles. The molecule has 0 aliphatic heterocycles. The Morgan fingerprint density at radius 3 is 2.95 bits per heavy atom. The quantitative estimate of drug-likeness (QED) is 0.733. The Labute approximate surface area is 123 Å². The van der Waals surface area contributed by atoms with Gasteiger partial charge in [0.15, 0.2) is 0 Å². The predicted molar refractivity (Wildman–Crippen MR) is 79.8 cm³/mol. The number of imidazole rings is 1. The normalized spacial score (nSPS) is 10.4. The van der Waals surface area contributed by atoms with Gasteiger partial charge in [-0.05, 0) is 18.6 Å². The fourth-order valence-corrected chi connectivity index (χ4v) is 1.97. The second kappa shape index (κ2) is 7.42. The van der Waals surface area contributed by atoms with Crippen LogP contribution in [0, 0.1) is 5.82 Å². The van der Waals surface area contributed by atoms with Crippen molar-refractivity contribution in [3.8, 4) is 0 Å². The number of aromatic amines is 1. The first-order valence-corrected chi connectivity index (χ1v) is 7.01. The van der Waals surface area contributed by atoms with E-state index >= 15 is 0 Å². The number of hydrogen-bond acceptors (Lipinski definition) is 3. The summed E-state index contributed by atoms with van der Waals surface area (Å²) in [7, 11) is 0. The van der Waals surface area contributed by atoms with Crippen LogP contribution in [-0.2, 0) is 6.42 Å². The number of nitrogens with one attached hydrogen (secondary N) is 3. The molecular formula is C15H19FN4O. The van der Waals surface area contributed by atoms with Crippen LogP contribution >= 0.6 is 0 Å². The molecule has 0 unspecified atom stereocenters. The molecule has 1 amide bonds.